The number of sulfonamides is 1. The van der Waals surface area contributed by atoms with Crippen molar-refractivity contribution in [1.29, 1.82) is 0 Å². The van der Waals surface area contributed by atoms with Crippen molar-refractivity contribution in [3.8, 4) is 0 Å². The van der Waals surface area contributed by atoms with E-state index in [0.717, 1.165) is 0 Å². The lowest BCUT2D eigenvalue weighted by atomic mass is 10.2. The van der Waals surface area contributed by atoms with E-state index in [9.17, 15) is 13.2 Å². The number of nitrogens with one attached hydrogen (secondary N) is 2. The van der Waals surface area contributed by atoms with Crippen LogP contribution in [0.1, 0.15) is 13.3 Å². The van der Waals surface area contributed by atoms with Crippen LogP contribution in [0.5, 0.6) is 0 Å². The average molecular weight is 291 g/mol. The molecule has 2 fully saturated rings. The Balaban J connectivity index is 2.16. The fraction of sp³-hybridized carbons (Fsp3) is 0.909. The number of hydrogen-bond acceptors (Lipinski definition) is 5. The van der Waals surface area contributed by atoms with Gasteiger partial charge < -0.3 is 15.4 Å². The summed E-state index contributed by atoms with van der Waals surface area (Å²) in [6, 6.07) is -0.737. The minimum Gasteiger partial charge on any atom is -0.378 e. The van der Waals surface area contributed by atoms with E-state index in [1.165, 1.54) is 4.31 Å². The Bertz CT molecular complexity index is 420. The van der Waals surface area contributed by atoms with Crippen molar-refractivity contribution in [3.63, 3.8) is 0 Å². The third-order valence-corrected chi connectivity index (χ3v) is 5.83. The number of likely N-dealkylation sites (N-methyl/N-ethyl adjacent to an activating group) is 1. The zero-order valence-corrected chi connectivity index (χ0v) is 11.9. The van der Waals surface area contributed by atoms with Gasteiger partial charge in [0.15, 0.2) is 0 Å². The number of morpholine rings is 1. The lowest BCUT2D eigenvalue weighted by Crippen LogP contribution is -2.57. The number of carbonyl (C=O) groups excluding carboxylic acids is 1. The van der Waals surface area contributed by atoms with Crippen molar-refractivity contribution < 1.29 is 17.9 Å². The number of rotatable bonds is 4. The van der Waals surface area contributed by atoms with Crippen LogP contribution >= 0.6 is 0 Å². The SMILES string of the molecule is CCNC(=O)C1COCCN1S(=O)(=O)C1CCNC1. The van der Waals surface area contributed by atoms with Crippen LogP contribution in [0.25, 0.3) is 0 Å². The Morgan fingerprint density at radius 2 is 2.32 bits per heavy atom. The molecule has 2 rings (SSSR count). The average Bonchev–Trinajstić information content (AvgIpc) is 2.93. The molecule has 2 atom stereocenters. The molecule has 0 saturated carbocycles. The lowest BCUT2D eigenvalue weighted by Gasteiger charge is -2.35. The minimum atomic E-state index is -3.44. The van der Waals surface area contributed by atoms with Gasteiger partial charge in [0.1, 0.15) is 6.04 Å². The molecule has 1 amide bonds. The molecule has 0 aromatic heterocycles. The molecule has 2 aliphatic heterocycles. The molecule has 19 heavy (non-hydrogen) atoms. The van der Waals surface area contributed by atoms with E-state index in [2.05, 4.69) is 10.6 Å². The molecule has 0 aliphatic carbocycles. The Kier molecular flexibility index (Phi) is 4.77. The van der Waals surface area contributed by atoms with Gasteiger partial charge in [-0.3, -0.25) is 4.79 Å². The van der Waals surface area contributed by atoms with E-state index in [0.29, 0.717) is 32.7 Å². The Morgan fingerprint density at radius 1 is 1.53 bits per heavy atom. The summed E-state index contributed by atoms with van der Waals surface area (Å²) in [6.07, 6.45) is 0.599. The molecule has 8 heteroatoms. The molecule has 7 nitrogen and oxygen atoms in total. The molecule has 0 radical (unpaired) electrons. The van der Waals surface area contributed by atoms with Crippen molar-refractivity contribution in [3.05, 3.63) is 0 Å². The lowest BCUT2D eigenvalue weighted by molar-refractivity contribution is -0.129. The van der Waals surface area contributed by atoms with Gasteiger partial charge in [-0.2, -0.15) is 4.31 Å². The van der Waals surface area contributed by atoms with Crippen LogP contribution in [0.3, 0.4) is 0 Å². The first-order valence-electron chi connectivity index (χ1n) is 6.64. The van der Waals surface area contributed by atoms with E-state index >= 15 is 0 Å². The molecular weight excluding hydrogens is 270 g/mol. The summed E-state index contributed by atoms with van der Waals surface area (Å²) in [6.45, 7) is 4.18. The van der Waals surface area contributed by atoms with E-state index < -0.39 is 21.3 Å². The normalized spacial score (nSPS) is 29.3. The van der Waals surface area contributed by atoms with E-state index in [4.69, 9.17) is 4.74 Å². The van der Waals surface area contributed by atoms with Gasteiger partial charge in [-0.05, 0) is 19.9 Å². The minimum absolute atomic E-state index is 0.130. The standard InChI is InChI=1S/C11H21N3O4S/c1-2-13-11(15)10-8-18-6-5-14(10)19(16,17)9-3-4-12-7-9/h9-10,12H,2-8H2,1H3,(H,13,15). The van der Waals surface area contributed by atoms with Crippen LogP contribution in [-0.4, -0.2) is 69.3 Å². The van der Waals surface area contributed by atoms with E-state index in [1.807, 2.05) is 0 Å². The smallest absolute Gasteiger partial charge is 0.240 e. The van der Waals surface area contributed by atoms with Crippen LogP contribution in [0, 0.1) is 0 Å². The number of ether oxygens (including phenoxy) is 1. The van der Waals surface area contributed by atoms with Crippen LogP contribution < -0.4 is 10.6 Å². The second-order valence-electron chi connectivity index (χ2n) is 4.76. The quantitative estimate of drug-likeness (QED) is 0.659. The number of carbonyl (C=O) groups is 1. The third-order valence-electron chi connectivity index (χ3n) is 3.50. The molecule has 2 aliphatic rings. The molecule has 0 aromatic rings. The summed E-state index contributed by atoms with van der Waals surface area (Å²) in [5.74, 6) is -0.281. The first kappa shape index (κ1) is 14.7. The first-order chi connectivity index (χ1) is 9.07. The van der Waals surface area contributed by atoms with Crippen LogP contribution in [0.2, 0.25) is 0 Å². The largest absolute Gasteiger partial charge is 0.378 e. The predicted octanol–water partition coefficient (Wildman–Crippen LogP) is -1.48. The highest BCUT2D eigenvalue weighted by atomic mass is 32.2. The summed E-state index contributed by atoms with van der Waals surface area (Å²) in [4.78, 5) is 12.0. The van der Waals surface area contributed by atoms with Crippen molar-refractivity contribution in [1.82, 2.24) is 14.9 Å². The molecule has 0 spiro atoms. The second kappa shape index (κ2) is 6.17. The van der Waals surface area contributed by atoms with Crippen molar-refractivity contribution >= 4 is 15.9 Å². The van der Waals surface area contributed by atoms with Gasteiger partial charge in [0.25, 0.3) is 0 Å². The number of nitrogens with zero attached hydrogens (tertiary/aromatic N) is 1. The highest BCUT2D eigenvalue weighted by Gasteiger charge is 2.42. The summed E-state index contributed by atoms with van der Waals surface area (Å²) >= 11 is 0. The van der Waals surface area contributed by atoms with Crippen LogP contribution in [0.4, 0.5) is 0 Å². The van der Waals surface area contributed by atoms with Crippen LogP contribution in [-0.2, 0) is 19.6 Å². The molecule has 2 heterocycles. The molecule has 2 saturated heterocycles. The van der Waals surface area contributed by atoms with Crippen LogP contribution in [0.15, 0.2) is 0 Å². The molecule has 110 valence electrons. The van der Waals surface area contributed by atoms with Gasteiger partial charge in [-0.1, -0.05) is 0 Å². The fourth-order valence-electron chi connectivity index (χ4n) is 2.47. The van der Waals surface area contributed by atoms with E-state index in [1.54, 1.807) is 6.92 Å². The Hall–Kier alpha value is -0.700. The van der Waals surface area contributed by atoms with Crippen molar-refractivity contribution in [2.45, 2.75) is 24.6 Å². The van der Waals surface area contributed by atoms with Gasteiger partial charge in [0.2, 0.25) is 15.9 Å². The topological polar surface area (TPSA) is 87.7 Å². The summed E-state index contributed by atoms with van der Waals surface area (Å²) in [5.41, 5.74) is 0. The van der Waals surface area contributed by atoms with Gasteiger partial charge in [0, 0.05) is 19.6 Å². The maximum absolute atomic E-state index is 12.6. The molecular formula is C11H21N3O4S. The molecule has 2 N–H and O–H groups in total. The van der Waals surface area contributed by atoms with E-state index in [-0.39, 0.29) is 19.1 Å². The highest BCUT2D eigenvalue weighted by Crippen LogP contribution is 2.20. The fourth-order valence-corrected chi connectivity index (χ4v) is 4.43. The third kappa shape index (κ3) is 3.07. The molecule has 2 unspecified atom stereocenters. The van der Waals surface area contributed by atoms with Gasteiger partial charge >= 0.3 is 0 Å². The number of hydrogen-bond donors (Lipinski definition) is 2. The zero-order valence-electron chi connectivity index (χ0n) is 11.1. The molecule has 0 aromatic carbocycles. The van der Waals surface area contributed by atoms with Gasteiger partial charge in [0.05, 0.1) is 18.5 Å². The molecule has 0 bridgehead atoms. The predicted molar refractivity (Wildman–Crippen MR) is 70.2 cm³/mol. The second-order valence-corrected chi connectivity index (χ2v) is 6.92. The Morgan fingerprint density at radius 3 is 2.95 bits per heavy atom. The highest BCUT2D eigenvalue weighted by molar-refractivity contribution is 7.89. The van der Waals surface area contributed by atoms with Crippen molar-refractivity contribution in [2.75, 3.05) is 39.4 Å². The monoisotopic (exact) mass is 291 g/mol. The van der Waals surface area contributed by atoms with Crippen molar-refractivity contribution in [2.24, 2.45) is 0 Å². The maximum atomic E-state index is 12.6. The zero-order chi connectivity index (χ0) is 13.9. The first-order valence-corrected chi connectivity index (χ1v) is 8.14. The summed E-state index contributed by atoms with van der Waals surface area (Å²) in [7, 11) is -3.44. The summed E-state index contributed by atoms with van der Waals surface area (Å²) < 4.78 is 31.7. The Labute approximate surface area is 113 Å². The maximum Gasteiger partial charge on any atom is 0.240 e. The van der Waals surface area contributed by atoms with Gasteiger partial charge in [-0.15, -0.1) is 0 Å². The van der Waals surface area contributed by atoms with Gasteiger partial charge in [-0.25, -0.2) is 8.42 Å². The number of amides is 1. The summed E-state index contributed by atoms with van der Waals surface area (Å²) in [5, 5.41) is 5.29.